The van der Waals surface area contributed by atoms with Gasteiger partial charge in [0.15, 0.2) is 0 Å². The molecule has 4 amide bonds. The molecule has 0 fully saturated rings. The van der Waals surface area contributed by atoms with Crippen molar-refractivity contribution in [1.82, 2.24) is 25.9 Å². The van der Waals surface area contributed by atoms with E-state index in [0.29, 0.717) is 61.7 Å². The molecule has 0 saturated heterocycles. The third-order valence-electron chi connectivity index (χ3n) is 7.28. The maximum atomic E-state index is 13.8. The van der Waals surface area contributed by atoms with E-state index in [1.54, 1.807) is 0 Å². The number of aryl methyl sites for hydroxylation is 1. The lowest BCUT2D eigenvalue weighted by Gasteiger charge is -2.31. The smallest absolute Gasteiger partial charge is 0.407 e. The summed E-state index contributed by atoms with van der Waals surface area (Å²) in [7, 11) is 0. The van der Waals surface area contributed by atoms with Crippen LogP contribution < -0.4 is 16.0 Å². The van der Waals surface area contributed by atoms with Crippen LogP contribution in [0, 0.1) is 5.92 Å². The van der Waals surface area contributed by atoms with Gasteiger partial charge in [-0.15, -0.1) is 10.2 Å². The van der Waals surface area contributed by atoms with Crippen molar-refractivity contribution in [3.05, 3.63) is 77.3 Å². The molecule has 1 heterocycles. The second-order valence-electron chi connectivity index (χ2n) is 10.6. The SMILES string of the molecule is CCC[C@@H](C(CCCc1ccccc1)C(=O)N[C@@H](CCCCNC(=O)OCc1ccccc1)C(=O)Nc1nncs1)N(O)C=O. The van der Waals surface area contributed by atoms with Crippen molar-refractivity contribution in [3.8, 4) is 0 Å². The second-order valence-corrected chi connectivity index (χ2v) is 11.4. The number of unbranched alkanes of at least 4 members (excludes halogenated alkanes) is 1. The second kappa shape index (κ2) is 19.8. The highest BCUT2D eigenvalue weighted by molar-refractivity contribution is 7.13. The number of benzene rings is 2. The van der Waals surface area contributed by atoms with E-state index in [0.717, 1.165) is 28.9 Å². The summed E-state index contributed by atoms with van der Waals surface area (Å²) >= 11 is 1.15. The fraction of sp³-hybridized carbons (Fsp3) is 0.438. The molecular formula is C32H42N6O6S. The number of rotatable bonds is 20. The Labute approximate surface area is 267 Å². The lowest BCUT2D eigenvalue weighted by Crippen LogP contribution is -2.51. The Hall–Kier alpha value is -4.36. The van der Waals surface area contributed by atoms with Crippen molar-refractivity contribution in [2.75, 3.05) is 11.9 Å². The number of nitrogens with one attached hydrogen (secondary N) is 3. The molecule has 1 aromatic heterocycles. The van der Waals surface area contributed by atoms with Crippen LogP contribution >= 0.6 is 11.3 Å². The van der Waals surface area contributed by atoms with Gasteiger partial charge in [0.25, 0.3) is 0 Å². The number of hydrogen-bond acceptors (Lipinski definition) is 9. The van der Waals surface area contributed by atoms with Crippen LogP contribution in [0.25, 0.3) is 0 Å². The first kappa shape index (κ1) is 35.1. The molecule has 4 N–H and O–H groups in total. The number of nitrogens with zero attached hydrogens (tertiary/aromatic N) is 3. The van der Waals surface area contributed by atoms with Crippen LogP contribution in [0.15, 0.2) is 66.2 Å². The first-order valence-electron chi connectivity index (χ1n) is 15.2. The minimum absolute atomic E-state index is 0.160. The molecule has 2 aromatic carbocycles. The molecule has 0 radical (unpaired) electrons. The highest BCUT2D eigenvalue weighted by atomic mass is 32.1. The van der Waals surface area contributed by atoms with Crippen molar-refractivity contribution in [1.29, 1.82) is 0 Å². The maximum absolute atomic E-state index is 13.8. The average molecular weight is 639 g/mol. The minimum Gasteiger partial charge on any atom is -0.445 e. The van der Waals surface area contributed by atoms with E-state index in [1.807, 2.05) is 67.6 Å². The van der Waals surface area contributed by atoms with E-state index in [-0.39, 0.29) is 13.0 Å². The predicted octanol–water partition coefficient (Wildman–Crippen LogP) is 4.71. The third-order valence-corrected chi connectivity index (χ3v) is 7.89. The molecule has 3 aromatic rings. The summed E-state index contributed by atoms with van der Waals surface area (Å²) in [5.41, 5.74) is 3.48. The van der Waals surface area contributed by atoms with Gasteiger partial charge in [-0.1, -0.05) is 85.3 Å². The van der Waals surface area contributed by atoms with E-state index in [2.05, 4.69) is 26.1 Å². The van der Waals surface area contributed by atoms with Crippen molar-refractivity contribution in [2.24, 2.45) is 5.92 Å². The summed E-state index contributed by atoms with van der Waals surface area (Å²) in [6.45, 7) is 2.40. The fourth-order valence-electron chi connectivity index (χ4n) is 4.97. The molecule has 13 heteroatoms. The summed E-state index contributed by atoms with van der Waals surface area (Å²) in [6, 6.07) is 17.5. The molecule has 12 nitrogen and oxygen atoms in total. The van der Waals surface area contributed by atoms with Gasteiger partial charge in [0.1, 0.15) is 18.2 Å². The van der Waals surface area contributed by atoms with E-state index >= 15 is 0 Å². The molecule has 242 valence electrons. The molecular weight excluding hydrogens is 596 g/mol. The number of alkyl carbamates (subject to hydrolysis) is 1. The first-order chi connectivity index (χ1) is 21.9. The molecule has 0 aliphatic heterocycles. The van der Waals surface area contributed by atoms with Gasteiger partial charge in [-0.2, -0.15) is 0 Å². The zero-order valence-electron chi connectivity index (χ0n) is 25.5. The van der Waals surface area contributed by atoms with Gasteiger partial charge in [0, 0.05) is 6.54 Å². The van der Waals surface area contributed by atoms with Crippen LogP contribution in [0.4, 0.5) is 9.93 Å². The van der Waals surface area contributed by atoms with Crippen LogP contribution in [-0.2, 0) is 32.1 Å². The topological polar surface area (TPSA) is 163 Å². The first-order valence-corrected chi connectivity index (χ1v) is 16.1. The van der Waals surface area contributed by atoms with Gasteiger partial charge in [0.05, 0.1) is 12.0 Å². The van der Waals surface area contributed by atoms with E-state index < -0.39 is 35.9 Å². The van der Waals surface area contributed by atoms with Crippen LogP contribution in [0.3, 0.4) is 0 Å². The van der Waals surface area contributed by atoms with E-state index in [4.69, 9.17) is 4.74 Å². The fourth-order valence-corrected chi connectivity index (χ4v) is 5.41. The molecule has 0 spiro atoms. The van der Waals surface area contributed by atoms with Crippen molar-refractivity contribution < 1.29 is 29.1 Å². The molecule has 0 saturated carbocycles. The summed E-state index contributed by atoms with van der Waals surface area (Å²) in [6.07, 6.45) is 3.90. The molecule has 45 heavy (non-hydrogen) atoms. The quantitative estimate of drug-likeness (QED) is 0.0598. The lowest BCUT2D eigenvalue weighted by molar-refractivity contribution is -0.169. The van der Waals surface area contributed by atoms with Crippen molar-refractivity contribution in [3.63, 3.8) is 0 Å². The molecule has 1 unspecified atom stereocenters. The van der Waals surface area contributed by atoms with Crippen LogP contribution in [-0.4, -0.2) is 63.4 Å². The summed E-state index contributed by atoms with van der Waals surface area (Å²) in [5, 5.41) is 27.1. The molecule has 3 atom stereocenters. The standard InChI is InChI=1S/C32H42N6O6S/c1-2-12-28(38(43)23-39)26(18-11-17-24-13-5-3-6-14-24)29(40)35-27(30(41)36-31-37-34-22-45-31)19-9-10-20-33-32(42)44-21-25-15-7-4-8-16-25/h3-8,13-16,22-23,26-28,43H,2,9-12,17-21H2,1H3,(H,33,42)(H,35,40)(H,36,37,41)/t26?,27-,28-/m0/s1. The van der Waals surface area contributed by atoms with Gasteiger partial charge >= 0.3 is 6.09 Å². The van der Waals surface area contributed by atoms with Gasteiger partial charge in [-0.3, -0.25) is 24.9 Å². The largest absolute Gasteiger partial charge is 0.445 e. The van der Waals surface area contributed by atoms with Gasteiger partial charge in [-0.25, -0.2) is 9.86 Å². The van der Waals surface area contributed by atoms with Gasteiger partial charge < -0.3 is 15.4 Å². The number of hydrogen-bond donors (Lipinski definition) is 4. The number of hydroxylamine groups is 2. The molecule has 0 aliphatic carbocycles. The summed E-state index contributed by atoms with van der Waals surface area (Å²) in [4.78, 5) is 50.6. The number of anilines is 1. The van der Waals surface area contributed by atoms with E-state index in [1.165, 1.54) is 5.51 Å². The monoisotopic (exact) mass is 638 g/mol. The predicted molar refractivity (Wildman–Crippen MR) is 170 cm³/mol. The Balaban J connectivity index is 1.61. The third kappa shape index (κ3) is 12.6. The summed E-state index contributed by atoms with van der Waals surface area (Å²) in [5.74, 6) is -1.63. The zero-order valence-corrected chi connectivity index (χ0v) is 26.3. The van der Waals surface area contributed by atoms with Crippen LogP contribution in [0.2, 0.25) is 0 Å². The van der Waals surface area contributed by atoms with Crippen molar-refractivity contribution >= 4 is 40.8 Å². The highest BCUT2D eigenvalue weighted by Gasteiger charge is 2.34. The Morgan fingerprint density at radius 1 is 0.956 bits per heavy atom. The van der Waals surface area contributed by atoms with E-state index in [9.17, 15) is 24.4 Å². The summed E-state index contributed by atoms with van der Waals surface area (Å²) < 4.78 is 5.23. The van der Waals surface area contributed by atoms with Crippen LogP contribution in [0.1, 0.15) is 63.0 Å². The molecule has 0 aliphatic rings. The van der Waals surface area contributed by atoms with Crippen LogP contribution in [0.5, 0.6) is 0 Å². The van der Waals surface area contributed by atoms with Gasteiger partial charge in [-0.05, 0) is 56.1 Å². The Morgan fingerprint density at radius 2 is 1.67 bits per heavy atom. The molecule has 3 rings (SSSR count). The Bertz CT molecular complexity index is 1300. The Kier molecular flexibility index (Phi) is 15.5. The Morgan fingerprint density at radius 3 is 2.31 bits per heavy atom. The average Bonchev–Trinajstić information content (AvgIpc) is 3.57. The minimum atomic E-state index is -0.922. The normalized spacial score (nSPS) is 12.8. The molecule has 0 bridgehead atoms. The number of carbonyl (C=O) groups excluding carboxylic acids is 4. The zero-order chi connectivity index (χ0) is 32.3. The highest BCUT2D eigenvalue weighted by Crippen LogP contribution is 2.23. The van der Waals surface area contributed by atoms with Gasteiger partial charge in [0.2, 0.25) is 23.4 Å². The van der Waals surface area contributed by atoms with Crippen molar-refractivity contribution in [2.45, 2.75) is 77.0 Å². The number of carbonyl (C=O) groups is 4. The lowest BCUT2D eigenvalue weighted by atomic mass is 9.88. The number of ether oxygens (including phenoxy) is 1. The number of amides is 4. The maximum Gasteiger partial charge on any atom is 0.407 e. The number of aromatic nitrogens is 2.